The second-order valence-electron chi connectivity index (χ2n) is 0.720. The molecule has 0 bridgehead atoms. The summed E-state index contributed by atoms with van der Waals surface area (Å²) >= 11 is 0. The summed E-state index contributed by atoms with van der Waals surface area (Å²) < 4.78 is 0. The molecule has 0 aromatic rings. The number of hydrogen-bond donors (Lipinski definition) is 0. The summed E-state index contributed by atoms with van der Waals surface area (Å²) in [5, 5.41) is 0.356. The Hall–Kier alpha value is -0.593. The Morgan fingerprint density at radius 1 is 2.00 bits per heavy atom. The van der Waals surface area contributed by atoms with Crippen LogP contribution in [0.5, 0.6) is 0 Å². The summed E-state index contributed by atoms with van der Waals surface area (Å²) in [5.41, 5.74) is 0. The minimum Gasteiger partial charge on any atom is -0.234 e. The van der Waals surface area contributed by atoms with E-state index in [0.29, 0.717) is 5.20 Å². The Morgan fingerprint density at radius 3 is 2.50 bits per heavy atom. The second-order valence-corrected chi connectivity index (χ2v) is 1.26. The van der Waals surface area contributed by atoms with E-state index in [0.717, 1.165) is 0 Å². The number of allylic oxidation sites excluding steroid dienone is 2. The third-order valence-corrected chi connectivity index (χ3v) is 0.620. The summed E-state index contributed by atoms with van der Waals surface area (Å²) in [6, 6.07) is 0. The molecule has 0 heterocycles. The van der Waals surface area contributed by atoms with E-state index in [4.69, 9.17) is 0 Å². The van der Waals surface area contributed by atoms with Crippen LogP contribution in [-0.4, -0.2) is 16.2 Å². The van der Waals surface area contributed by atoms with Gasteiger partial charge in [-0.3, -0.25) is 0 Å². The average Bonchev–Trinajstić information content (AvgIpc) is 1.65. The Balaban J connectivity index is 3.86. The first-order chi connectivity index (χ1) is 2.81. The molecule has 0 aliphatic rings. The number of carbonyl (C=O) groups excluding carboxylic acids is 1. The van der Waals surface area contributed by atoms with Gasteiger partial charge in [0, 0.05) is 5.20 Å². The van der Waals surface area contributed by atoms with Crippen molar-refractivity contribution in [2.24, 2.45) is 0 Å². The lowest BCUT2D eigenvalue weighted by molar-refractivity contribution is 0.568. The standard InChI is InChI=1S/C4H3OSi/c1-2-4(6)3-5/h2H,1H2. The highest BCUT2D eigenvalue weighted by Crippen LogP contribution is 1.72. The molecule has 29 valence electrons. The zero-order valence-corrected chi connectivity index (χ0v) is 4.19. The normalized spacial score (nSPS) is 6.17. The lowest BCUT2D eigenvalue weighted by Crippen LogP contribution is -1.69. The van der Waals surface area contributed by atoms with Crippen LogP contribution in [0.4, 0.5) is 0 Å². The highest BCUT2D eigenvalue weighted by atomic mass is 28.1. The van der Waals surface area contributed by atoms with Gasteiger partial charge in [-0.2, -0.15) is 0 Å². The first-order valence-corrected chi connectivity index (χ1v) is 1.90. The van der Waals surface area contributed by atoms with Crippen LogP contribution in [0.1, 0.15) is 0 Å². The predicted molar refractivity (Wildman–Crippen MR) is 25.2 cm³/mol. The van der Waals surface area contributed by atoms with E-state index in [1.54, 1.807) is 5.94 Å². The molecule has 0 aliphatic heterocycles. The molecular weight excluding hydrogens is 92.1 g/mol. The van der Waals surface area contributed by atoms with Gasteiger partial charge in [-0.05, 0) is 0 Å². The van der Waals surface area contributed by atoms with Gasteiger partial charge in [0.1, 0.15) is 5.94 Å². The third kappa shape index (κ3) is 1.70. The van der Waals surface area contributed by atoms with Gasteiger partial charge in [0.25, 0.3) is 0 Å². The summed E-state index contributed by atoms with van der Waals surface area (Å²) in [6.45, 7) is 3.28. The predicted octanol–water partition coefficient (Wildman–Crippen LogP) is 0.0564. The molecule has 0 spiro atoms. The molecule has 0 aliphatic carbocycles. The summed E-state index contributed by atoms with van der Waals surface area (Å²) in [6.07, 6.45) is 1.38. The maximum Gasteiger partial charge on any atom is 0.122 e. The van der Waals surface area contributed by atoms with Crippen molar-refractivity contribution < 1.29 is 4.79 Å². The summed E-state index contributed by atoms with van der Waals surface area (Å²) in [5.74, 6) is 1.58. The average molecular weight is 95.2 g/mol. The van der Waals surface area contributed by atoms with Crippen LogP contribution in [0.15, 0.2) is 17.9 Å². The van der Waals surface area contributed by atoms with Crippen molar-refractivity contribution in [3.63, 3.8) is 0 Å². The van der Waals surface area contributed by atoms with Crippen LogP contribution in [-0.2, 0) is 4.79 Å². The van der Waals surface area contributed by atoms with Gasteiger partial charge < -0.3 is 0 Å². The molecule has 6 heavy (non-hydrogen) atoms. The van der Waals surface area contributed by atoms with Gasteiger partial charge in [0.15, 0.2) is 0 Å². The van der Waals surface area contributed by atoms with E-state index in [9.17, 15) is 4.79 Å². The minimum absolute atomic E-state index is 0.356. The summed E-state index contributed by atoms with van der Waals surface area (Å²) in [4.78, 5) is 9.45. The van der Waals surface area contributed by atoms with Crippen molar-refractivity contribution in [2.45, 2.75) is 0 Å². The SMILES string of the molecule is C=CC([Si])=C=O. The van der Waals surface area contributed by atoms with Gasteiger partial charge in [-0.1, -0.05) is 12.7 Å². The van der Waals surface area contributed by atoms with Crippen LogP contribution in [0, 0.1) is 0 Å². The molecule has 0 aromatic carbocycles. The van der Waals surface area contributed by atoms with Crippen molar-refractivity contribution in [3.8, 4) is 0 Å². The molecule has 0 atom stereocenters. The molecular formula is C4H3OSi. The Morgan fingerprint density at radius 2 is 2.50 bits per heavy atom. The maximum absolute atomic E-state index is 9.45. The van der Waals surface area contributed by atoms with Crippen LogP contribution >= 0.6 is 0 Å². The van der Waals surface area contributed by atoms with Crippen molar-refractivity contribution in [1.29, 1.82) is 0 Å². The van der Waals surface area contributed by atoms with E-state index in [-0.39, 0.29) is 0 Å². The van der Waals surface area contributed by atoms with Gasteiger partial charge in [-0.15, -0.1) is 0 Å². The lowest BCUT2D eigenvalue weighted by Gasteiger charge is -1.67. The maximum atomic E-state index is 9.45. The van der Waals surface area contributed by atoms with Gasteiger partial charge in [-0.25, -0.2) is 4.79 Å². The Bertz CT molecular complexity index is 100. The van der Waals surface area contributed by atoms with E-state index in [1.165, 1.54) is 6.08 Å². The molecule has 1 nitrogen and oxygen atoms in total. The Labute approximate surface area is 39.8 Å². The van der Waals surface area contributed by atoms with Crippen LogP contribution in [0.25, 0.3) is 0 Å². The zero-order valence-electron chi connectivity index (χ0n) is 3.19. The zero-order chi connectivity index (χ0) is 4.99. The number of hydrogen-bond acceptors (Lipinski definition) is 1. The van der Waals surface area contributed by atoms with Gasteiger partial charge in [0.05, 0.1) is 10.2 Å². The fourth-order valence-corrected chi connectivity index (χ4v) is 0.0417. The van der Waals surface area contributed by atoms with Crippen LogP contribution in [0.2, 0.25) is 0 Å². The van der Waals surface area contributed by atoms with E-state index in [2.05, 4.69) is 16.8 Å². The smallest absolute Gasteiger partial charge is 0.122 e. The largest absolute Gasteiger partial charge is 0.234 e. The topological polar surface area (TPSA) is 17.1 Å². The van der Waals surface area contributed by atoms with Crippen LogP contribution in [0.3, 0.4) is 0 Å². The van der Waals surface area contributed by atoms with Gasteiger partial charge >= 0.3 is 0 Å². The fourth-order valence-electron chi connectivity index (χ4n) is 0.0417. The fraction of sp³-hybridized carbons (Fsp3) is 0. The molecule has 0 unspecified atom stereocenters. The van der Waals surface area contributed by atoms with Crippen molar-refractivity contribution in [2.75, 3.05) is 0 Å². The van der Waals surface area contributed by atoms with E-state index >= 15 is 0 Å². The second kappa shape index (κ2) is 2.63. The highest BCUT2D eigenvalue weighted by Gasteiger charge is 1.70. The first kappa shape index (κ1) is 5.41. The molecule has 2 heteroatoms. The van der Waals surface area contributed by atoms with Gasteiger partial charge in [0.2, 0.25) is 0 Å². The Kier molecular flexibility index (Phi) is 2.37. The van der Waals surface area contributed by atoms with Crippen molar-refractivity contribution in [3.05, 3.63) is 17.9 Å². The number of rotatable bonds is 1. The molecule has 0 saturated heterocycles. The summed E-state index contributed by atoms with van der Waals surface area (Å²) in [7, 11) is 2.90. The molecule has 0 rings (SSSR count). The molecule has 0 saturated carbocycles. The molecule has 0 fully saturated rings. The molecule has 0 N–H and O–H groups in total. The molecule has 0 aromatic heterocycles. The van der Waals surface area contributed by atoms with Crippen LogP contribution < -0.4 is 0 Å². The monoisotopic (exact) mass is 95.0 g/mol. The van der Waals surface area contributed by atoms with E-state index < -0.39 is 0 Å². The highest BCUT2D eigenvalue weighted by molar-refractivity contribution is 6.27. The van der Waals surface area contributed by atoms with Crippen molar-refractivity contribution in [1.82, 2.24) is 0 Å². The van der Waals surface area contributed by atoms with Crippen molar-refractivity contribution >= 4 is 16.2 Å². The quantitative estimate of drug-likeness (QED) is 0.255. The molecule has 3 radical (unpaired) electrons. The lowest BCUT2D eigenvalue weighted by atomic mass is 10.6. The minimum atomic E-state index is 0.356. The first-order valence-electron chi connectivity index (χ1n) is 1.40. The van der Waals surface area contributed by atoms with E-state index in [1.807, 2.05) is 0 Å². The molecule has 0 amide bonds. The third-order valence-electron chi connectivity index (χ3n) is 0.314.